The van der Waals surface area contributed by atoms with Crippen molar-refractivity contribution in [2.45, 2.75) is 11.8 Å². The van der Waals surface area contributed by atoms with Gasteiger partial charge in [0.05, 0.1) is 27.0 Å². The van der Waals surface area contributed by atoms with Crippen LogP contribution in [0, 0.1) is 6.92 Å². The molecule has 2 N–H and O–H groups in total. The molecule has 30 heavy (non-hydrogen) atoms. The van der Waals surface area contributed by atoms with Gasteiger partial charge in [-0.05, 0) is 48.9 Å². The van der Waals surface area contributed by atoms with Gasteiger partial charge in [-0.1, -0.05) is 12.1 Å². The van der Waals surface area contributed by atoms with Crippen molar-refractivity contribution in [3.8, 4) is 0 Å². The molecule has 5 rings (SSSR count). The summed E-state index contributed by atoms with van der Waals surface area (Å²) < 4.78 is 34.4. The minimum Gasteiger partial charge on any atom is -0.354 e. The number of rotatable bonds is 1. The zero-order valence-corrected chi connectivity index (χ0v) is 16.9. The summed E-state index contributed by atoms with van der Waals surface area (Å²) >= 11 is 0. The third-order valence-electron chi connectivity index (χ3n) is 5.60. The van der Waals surface area contributed by atoms with Gasteiger partial charge in [0.1, 0.15) is 0 Å². The molecule has 8 heteroatoms. The molecule has 7 nitrogen and oxygen atoms in total. The van der Waals surface area contributed by atoms with E-state index >= 15 is 0 Å². The maximum absolute atomic E-state index is 13.3. The summed E-state index contributed by atoms with van der Waals surface area (Å²) in [5.41, 5.74) is 2.08. The SMILES string of the molecule is Cc1cc(S(=O)(=O)O)cc2[nH]c3cc4c(=O)c5ccccc5n(C)c4cc3c(=O)c12. The number of pyridine rings is 2. The van der Waals surface area contributed by atoms with Crippen molar-refractivity contribution in [1.82, 2.24) is 9.55 Å². The minimum atomic E-state index is -4.43. The van der Waals surface area contributed by atoms with Crippen LogP contribution >= 0.6 is 0 Å². The van der Waals surface area contributed by atoms with E-state index in [9.17, 15) is 22.6 Å². The standard InChI is InChI=1S/C22H16N2O5S/c1-11-7-12(30(27,28)29)8-17-20(11)22(26)14-10-19-15(9-16(14)23-17)21(25)13-5-3-4-6-18(13)24(19)2/h3-10H,1-2H3,(H,23,26)(H,27,28,29). The van der Waals surface area contributed by atoms with Gasteiger partial charge in [0.25, 0.3) is 10.1 Å². The van der Waals surface area contributed by atoms with Crippen molar-refractivity contribution in [3.05, 3.63) is 74.5 Å². The fraction of sp³-hybridized carbons (Fsp3) is 0.0909. The lowest BCUT2D eigenvalue weighted by molar-refractivity contribution is 0.483. The molecule has 0 saturated carbocycles. The summed E-state index contributed by atoms with van der Waals surface area (Å²) in [5.74, 6) is 0. The number of nitrogens with zero attached hydrogens (tertiary/aromatic N) is 1. The van der Waals surface area contributed by atoms with Crippen molar-refractivity contribution >= 4 is 53.7 Å². The zero-order valence-electron chi connectivity index (χ0n) is 16.1. The molecule has 0 atom stereocenters. The molecule has 0 amide bonds. The predicted molar refractivity (Wildman–Crippen MR) is 117 cm³/mol. The quantitative estimate of drug-likeness (QED) is 0.320. The summed E-state index contributed by atoms with van der Waals surface area (Å²) in [6.45, 7) is 1.61. The smallest absolute Gasteiger partial charge is 0.294 e. The largest absolute Gasteiger partial charge is 0.354 e. The third kappa shape index (κ3) is 2.51. The van der Waals surface area contributed by atoms with Crippen LogP contribution in [0.4, 0.5) is 0 Å². The second-order valence-electron chi connectivity index (χ2n) is 7.41. The molecule has 5 aromatic rings. The second kappa shape index (κ2) is 6.01. The Labute approximate surface area is 169 Å². The maximum Gasteiger partial charge on any atom is 0.294 e. The van der Waals surface area contributed by atoms with E-state index in [0.29, 0.717) is 38.1 Å². The maximum atomic E-state index is 13.3. The molecule has 0 saturated heterocycles. The molecular weight excluding hydrogens is 404 g/mol. The van der Waals surface area contributed by atoms with E-state index in [1.165, 1.54) is 12.1 Å². The Morgan fingerprint density at radius 2 is 1.60 bits per heavy atom. The van der Waals surface area contributed by atoms with Gasteiger partial charge in [-0.2, -0.15) is 8.42 Å². The highest BCUT2D eigenvalue weighted by Gasteiger charge is 2.17. The molecule has 0 fully saturated rings. The van der Waals surface area contributed by atoms with E-state index in [0.717, 1.165) is 5.52 Å². The molecule has 2 heterocycles. The minimum absolute atomic E-state index is 0.149. The lowest BCUT2D eigenvalue weighted by Gasteiger charge is -2.12. The second-order valence-corrected chi connectivity index (χ2v) is 8.83. The molecule has 0 aliphatic heterocycles. The average Bonchev–Trinajstić information content (AvgIpc) is 2.70. The van der Waals surface area contributed by atoms with E-state index in [4.69, 9.17) is 0 Å². The van der Waals surface area contributed by atoms with E-state index < -0.39 is 10.1 Å². The first-order valence-corrected chi connectivity index (χ1v) is 10.6. The van der Waals surface area contributed by atoms with Crippen LogP contribution in [0.1, 0.15) is 5.56 Å². The number of aromatic nitrogens is 2. The summed E-state index contributed by atoms with van der Waals surface area (Å²) in [4.78, 5) is 29.1. The molecule has 0 bridgehead atoms. The number of H-pyrrole nitrogens is 1. The van der Waals surface area contributed by atoms with Crippen LogP contribution in [-0.2, 0) is 17.2 Å². The number of aryl methyl sites for hydroxylation is 2. The van der Waals surface area contributed by atoms with Crippen molar-refractivity contribution in [2.24, 2.45) is 7.05 Å². The highest BCUT2D eigenvalue weighted by atomic mass is 32.2. The van der Waals surface area contributed by atoms with Gasteiger partial charge in [0.2, 0.25) is 0 Å². The van der Waals surface area contributed by atoms with Gasteiger partial charge in [-0.3, -0.25) is 14.1 Å². The first kappa shape index (κ1) is 18.5. The topological polar surface area (TPSA) is 109 Å². The van der Waals surface area contributed by atoms with Gasteiger partial charge in [-0.15, -0.1) is 0 Å². The van der Waals surface area contributed by atoms with Crippen molar-refractivity contribution in [3.63, 3.8) is 0 Å². The fourth-order valence-corrected chi connectivity index (χ4v) is 4.75. The van der Waals surface area contributed by atoms with Crippen LogP contribution in [0.25, 0.3) is 43.6 Å². The van der Waals surface area contributed by atoms with Crippen LogP contribution in [0.5, 0.6) is 0 Å². The number of para-hydroxylation sites is 1. The van der Waals surface area contributed by atoms with E-state index in [1.54, 1.807) is 31.2 Å². The number of benzene rings is 3. The lowest BCUT2D eigenvalue weighted by Crippen LogP contribution is -2.12. The summed E-state index contributed by atoms with van der Waals surface area (Å²) in [5, 5.41) is 1.74. The lowest BCUT2D eigenvalue weighted by atomic mass is 10.0. The van der Waals surface area contributed by atoms with E-state index in [1.807, 2.05) is 23.7 Å². The molecule has 0 spiro atoms. The molecule has 3 aromatic carbocycles. The number of hydrogen-bond donors (Lipinski definition) is 2. The third-order valence-corrected chi connectivity index (χ3v) is 6.43. The van der Waals surface area contributed by atoms with Crippen molar-refractivity contribution < 1.29 is 13.0 Å². The van der Waals surface area contributed by atoms with Crippen molar-refractivity contribution in [1.29, 1.82) is 0 Å². The van der Waals surface area contributed by atoms with E-state index in [2.05, 4.69) is 4.98 Å². The summed E-state index contributed by atoms with van der Waals surface area (Å²) in [7, 11) is -2.59. The fourth-order valence-electron chi connectivity index (χ4n) is 4.15. The molecule has 2 aromatic heterocycles. The highest BCUT2D eigenvalue weighted by molar-refractivity contribution is 7.85. The highest BCUT2D eigenvalue weighted by Crippen LogP contribution is 2.26. The first-order chi connectivity index (χ1) is 14.2. The Hall–Kier alpha value is -3.49. The average molecular weight is 420 g/mol. The molecule has 0 aliphatic carbocycles. The Bertz CT molecular complexity index is 1780. The number of fused-ring (bicyclic) bond motifs is 4. The molecular formula is C22H16N2O5S. The summed E-state index contributed by atoms with van der Waals surface area (Å²) in [6, 6.07) is 13.1. The predicted octanol–water partition coefficient (Wildman–Crippen LogP) is 3.24. The van der Waals surface area contributed by atoms with Gasteiger partial charge < -0.3 is 9.55 Å². The summed E-state index contributed by atoms with van der Waals surface area (Å²) in [6.07, 6.45) is 0. The van der Waals surface area contributed by atoms with Crippen LogP contribution < -0.4 is 10.9 Å². The number of hydrogen-bond acceptors (Lipinski definition) is 4. The molecule has 0 aliphatic rings. The van der Waals surface area contributed by atoms with Gasteiger partial charge in [0, 0.05) is 28.6 Å². The van der Waals surface area contributed by atoms with Gasteiger partial charge >= 0.3 is 0 Å². The molecule has 150 valence electrons. The monoisotopic (exact) mass is 420 g/mol. The van der Waals surface area contributed by atoms with Gasteiger partial charge in [0.15, 0.2) is 10.9 Å². The normalized spacial score (nSPS) is 12.4. The van der Waals surface area contributed by atoms with Gasteiger partial charge in [-0.25, -0.2) is 0 Å². The molecule has 0 unspecified atom stereocenters. The van der Waals surface area contributed by atoms with Crippen LogP contribution in [0.3, 0.4) is 0 Å². The Morgan fingerprint density at radius 3 is 2.33 bits per heavy atom. The Kier molecular flexibility index (Phi) is 3.71. The Balaban J connectivity index is 2.01. The van der Waals surface area contributed by atoms with Crippen LogP contribution in [0.2, 0.25) is 0 Å². The van der Waals surface area contributed by atoms with Crippen LogP contribution in [0.15, 0.2) is 63.0 Å². The zero-order chi connectivity index (χ0) is 21.4. The van der Waals surface area contributed by atoms with Crippen LogP contribution in [-0.4, -0.2) is 22.5 Å². The van der Waals surface area contributed by atoms with Crippen molar-refractivity contribution in [2.75, 3.05) is 0 Å². The first-order valence-electron chi connectivity index (χ1n) is 9.16. The number of aromatic amines is 1. The Morgan fingerprint density at radius 1 is 0.867 bits per heavy atom. The number of nitrogens with one attached hydrogen (secondary N) is 1. The molecule has 0 radical (unpaired) electrons. The van der Waals surface area contributed by atoms with E-state index in [-0.39, 0.29) is 21.3 Å².